The van der Waals surface area contributed by atoms with Gasteiger partial charge in [0.25, 0.3) is 5.69 Å². The fourth-order valence-corrected chi connectivity index (χ4v) is 1.71. The van der Waals surface area contributed by atoms with Gasteiger partial charge in [-0.25, -0.2) is 4.79 Å². The van der Waals surface area contributed by atoms with E-state index < -0.39 is 16.4 Å². The van der Waals surface area contributed by atoms with Crippen LogP contribution in [0, 0.1) is 10.1 Å². The van der Waals surface area contributed by atoms with Crippen LogP contribution in [0.2, 0.25) is 0 Å². The molecule has 0 bridgehead atoms. The Morgan fingerprint density at radius 1 is 1.50 bits per heavy atom. The molecule has 0 aromatic heterocycles. The van der Waals surface area contributed by atoms with Gasteiger partial charge >= 0.3 is 5.97 Å². The molecular formula is C13H18N2O5. The average molecular weight is 282 g/mol. The average Bonchev–Trinajstić information content (AvgIpc) is 2.45. The minimum atomic E-state index is -1.01. The van der Waals surface area contributed by atoms with E-state index in [-0.39, 0.29) is 12.3 Å². The van der Waals surface area contributed by atoms with Gasteiger partial charge in [-0.3, -0.25) is 15.4 Å². The standard InChI is InChI=1S/C13H18N2O5/c1-4-14-13(2,12(16)19-3)9-20-11-7-5-6-10(8-11)15(17)18/h5-8,14H,4,9H2,1-3H3. The number of likely N-dealkylation sites (N-methyl/N-ethyl adjacent to an activating group) is 1. The Kier molecular flexibility index (Phi) is 5.45. The molecule has 1 unspecified atom stereocenters. The maximum absolute atomic E-state index is 11.7. The highest BCUT2D eigenvalue weighted by Crippen LogP contribution is 2.20. The molecule has 0 radical (unpaired) electrons. The first-order valence-corrected chi connectivity index (χ1v) is 6.13. The van der Waals surface area contributed by atoms with Gasteiger partial charge in [0.2, 0.25) is 0 Å². The molecule has 1 rings (SSSR count). The predicted molar refractivity (Wildman–Crippen MR) is 72.7 cm³/mol. The van der Waals surface area contributed by atoms with Gasteiger partial charge in [-0.15, -0.1) is 0 Å². The Bertz CT molecular complexity index is 491. The molecule has 0 aliphatic carbocycles. The molecule has 0 aliphatic rings. The summed E-state index contributed by atoms with van der Waals surface area (Å²) < 4.78 is 10.2. The van der Waals surface area contributed by atoms with Crippen LogP contribution in [-0.4, -0.2) is 36.7 Å². The summed E-state index contributed by atoms with van der Waals surface area (Å²) in [5.41, 5.74) is -1.07. The minimum absolute atomic E-state index is 0.00861. The van der Waals surface area contributed by atoms with E-state index in [0.717, 1.165) is 0 Å². The third-order valence-electron chi connectivity index (χ3n) is 2.76. The third-order valence-corrected chi connectivity index (χ3v) is 2.76. The van der Waals surface area contributed by atoms with Crippen LogP contribution in [0.5, 0.6) is 5.75 Å². The fourth-order valence-electron chi connectivity index (χ4n) is 1.71. The number of benzene rings is 1. The maximum atomic E-state index is 11.7. The zero-order valence-corrected chi connectivity index (χ0v) is 11.7. The molecule has 0 saturated carbocycles. The summed E-state index contributed by atoms with van der Waals surface area (Å²) in [7, 11) is 1.30. The zero-order valence-electron chi connectivity index (χ0n) is 11.7. The molecule has 0 amide bonds. The third kappa shape index (κ3) is 3.92. The highest BCUT2D eigenvalue weighted by Gasteiger charge is 2.34. The molecule has 7 heteroatoms. The highest BCUT2D eigenvalue weighted by atomic mass is 16.6. The number of nitro benzene ring substituents is 1. The molecule has 0 spiro atoms. The number of nitrogens with one attached hydrogen (secondary N) is 1. The summed E-state index contributed by atoms with van der Waals surface area (Å²) in [6.07, 6.45) is 0. The monoisotopic (exact) mass is 282 g/mol. The van der Waals surface area contributed by atoms with Gasteiger partial charge in [0.15, 0.2) is 0 Å². The van der Waals surface area contributed by atoms with Gasteiger partial charge in [-0.05, 0) is 19.5 Å². The first-order chi connectivity index (χ1) is 9.42. The number of carbonyl (C=O) groups is 1. The van der Waals surface area contributed by atoms with Crippen LogP contribution >= 0.6 is 0 Å². The lowest BCUT2D eigenvalue weighted by atomic mass is 10.0. The van der Waals surface area contributed by atoms with Crippen molar-refractivity contribution >= 4 is 11.7 Å². The molecule has 0 saturated heterocycles. The van der Waals surface area contributed by atoms with Gasteiger partial charge in [0, 0.05) is 6.07 Å². The summed E-state index contributed by atoms with van der Waals surface area (Å²) in [5, 5.41) is 13.7. The molecule has 7 nitrogen and oxygen atoms in total. The second-order valence-corrected chi connectivity index (χ2v) is 4.40. The Morgan fingerprint density at radius 2 is 2.20 bits per heavy atom. The predicted octanol–water partition coefficient (Wildman–Crippen LogP) is 1.51. The van der Waals surface area contributed by atoms with Crippen molar-refractivity contribution in [2.45, 2.75) is 19.4 Å². The van der Waals surface area contributed by atoms with Crippen molar-refractivity contribution in [2.24, 2.45) is 0 Å². The smallest absolute Gasteiger partial charge is 0.329 e. The van der Waals surface area contributed by atoms with Crippen LogP contribution in [0.1, 0.15) is 13.8 Å². The number of nitro groups is 1. The number of hydrogen-bond donors (Lipinski definition) is 1. The number of esters is 1. The van der Waals surface area contributed by atoms with Crippen molar-refractivity contribution in [1.29, 1.82) is 0 Å². The zero-order chi connectivity index (χ0) is 15.2. The second-order valence-electron chi connectivity index (χ2n) is 4.40. The Labute approximate surface area is 117 Å². The van der Waals surface area contributed by atoms with Gasteiger partial charge in [0.05, 0.1) is 18.1 Å². The number of ether oxygens (including phenoxy) is 2. The molecule has 1 N–H and O–H groups in total. The van der Waals surface area contributed by atoms with E-state index in [4.69, 9.17) is 9.47 Å². The van der Waals surface area contributed by atoms with Crippen LogP contribution in [-0.2, 0) is 9.53 Å². The lowest BCUT2D eigenvalue weighted by Gasteiger charge is -2.27. The molecule has 1 atom stereocenters. The van der Waals surface area contributed by atoms with Crippen LogP contribution in [0.15, 0.2) is 24.3 Å². The molecule has 1 aromatic carbocycles. The maximum Gasteiger partial charge on any atom is 0.329 e. The lowest BCUT2D eigenvalue weighted by molar-refractivity contribution is -0.384. The van der Waals surface area contributed by atoms with Gasteiger partial charge < -0.3 is 9.47 Å². The molecule has 20 heavy (non-hydrogen) atoms. The first kappa shape index (κ1) is 15.9. The highest BCUT2D eigenvalue weighted by molar-refractivity contribution is 5.80. The number of methoxy groups -OCH3 is 1. The van der Waals surface area contributed by atoms with Crippen molar-refractivity contribution in [1.82, 2.24) is 5.32 Å². The lowest BCUT2D eigenvalue weighted by Crippen LogP contribution is -2.54. The Morgan fingerprint density at radius 3 is 2.75 bits per heavy atom. The quantitative estimate of drug-likeness (QED) is 0.463. The van der Waals surface area contributed by atoms with Crippen molar-refractivity contribution in [3.05, 3.63) is 34.4 Å². The van der Waals surface area contributed by atoms with Crippen LogP contribution in [0.25, 0.3) is 0 Å². The largest absolute Gasteiger partial charge is 0.491 e. The number of rotatable bonds is 7. The number of nitrogens with zero attached hydrogens (tertiary/aromatic N) is 1. The van der Waals surface area contributed by atoms with E-state index in [0.29, 0.717) is 12.3 Å². The molecule has 0 fully saturated rings. The van der Waals surface area contributed by atoms with Crippen LogP contribution in [0.4, 0.5) is 5.69 Å². The van der Waals surface area contributed by atoms with Gasteiger partial charge in [-0.2, -0.15) is 0 Å². The van der Waals surface area contributed by atoms with Crippen LogP contribution in [0.3, 0.4) is 0 Å². The summed E-state index contributed by atoms with van der Waals surface area (Å²) in [6.45, 7) is 4.08. The number of non-ortho nitro benzene ring substituents is 1. The minimum Gasteiger partial charge on any atom is -0.491 e. The summed E-state index contributed by atoms with van der Waals surface area (Å²) in [5.74, 6) is -0.128. The normalized spacial score (nSPS) is 13.3. The number of hydrogen-bond acceptors (Lipinski definition) is 6. The van der Waals surface area contributed by atoms with Gasteiger partial charge in [-0.1, -0.05) is 13.0 Å². The SMILES string of the molecule is CCNC(C)(COc1cccc([N+](=O)[O-])c1)C(=O)OC. The fraction of sp³-hybridized carbons (Fsp3) is 0.462. The molecule has 1 aromatic rings. The summed E-state index contributed by atoms with van der Waals surface area (Å²) in [4.78, 5) is 21.9. The Hall–Kier alpha value is -2.15. The Balaban J connectivity index is 2.80. The van der Waals surface area contributed by atoms with E-state index in [1.807, 2.05) is 6.92 Å². The van der Waals surface area contributed by atoms with E-state index in [1.54, 1.807) is 13.0 Å². The van der Waals surface area contributed by atoms with Crippen LogP contribution < -0.4 is 10.1 Å². The molecule has 0 heterocycles. The van der Waals surface area contributed by atoms with Gasteiger partial charge in [0.1, 0.15) is 17.9 Å². The van der Waals surface area contributed by atoms with E-state index in [9.17, 15) is 14.9 Å². The number of carbonyl (C=O) groups excluding carboxylic acids is 1. The van der Waals surface area contributed by atoms with Crippen molar-refractivity contribution < 1.29 is 19.2 Å². The van der Waals surface area contributed by atoms with Crippen molar-refractivity contribution in [3.8, 4) is 5.75 Å². The topological polar surface area (TPSA) is 90.7 Å². The van der Waals surface area contributed by atoms with Crippen molar-refractivity contribution in [3.63, 3.8) is 0 Å². The second kappa shape index (κ2) is 6.85. The molecule has 0 aliphatic heterocycles. The first-order valence-electron chi connectivity index (χ1n) is 6.13. The summed E-state index contributed by atoms with van der Waals surface area (Å²) in [6, 6.07) is 5.80. The molecular weight excluding hydrogens is 264 g/mol. The van der Waals surface area contributed by atoms with E-state index in [2.05, 4.69) is 5.32 Å². The van der Waals surface area contributed by atoms with E-state index in [1.165, 1.54) is 25.3 Å². The summed E-state index contributed by atoms with van der Waals surface area (Å²) >= 11 is 0. The van der Waals surface area contributed by atoms with Crippen molar-refractivity contribution in [2.75, 3.05) is 20.3 Å². The molecule has 110 valence electrons. The van der Waals surface area contributed by atoms with E-state index >= 15 is 0 Å².